The topological polar surface area (TPSA) is 96.8 Å². The van der Waals surface area contributed by atoms with Gasteiger partial charge >= 0.3 is 6.18 Å². The number of para-hydroxylation sites is 2. The van der Waals surface area contributed by atoms with Crippen LogP contribution in [0.5, 0.6) is 0 Å². The van der Waals surface area contributed by atoms with E-state index in [1.807, 2.05) is 13.8 Å². The van der Waals surface area contributed by atoms with Crippen LogP contribution in [0.1, 0.15) is 31.2 Å². The summed E-state index contributed by atoms with van der Waals surface area (Å²) in [5.41, 5.74) is 3.20. The Kier molecular flexibility index (Phi) is 6.78. The summed E-state index contributed by atoms with van der Waals surface area (Å²) < 4.78 is 56.1. The molecule has 0 bridgehead atoms. The van der Waals surface area contributed by atoms with Gasteiger partial charge in [0.15, 0.2) is 0 Å². The van der Waals surface area contributed by atoms with Gasteiger partial charge in [-0.05, 0) is 30.3 Å². The molecule has 6 nitrogen and oxygen atoms in total. The summed E-state index contributed by atoms with van der Waals surface area (Å²) >= 11 is 5.68. The fourth-order valence-corrected chi connectivity index (χ4v) is 3.49. The Hall–Kier alpha value is -3.40. The van der Waals surface area contributed by atoms with Crippen LogP contribution in [0, 0.1) is 11.2 Å². The second-order valence-corrected chi connectivity index (χ2v) is 7.97. The fourth-order valence-electron chi connectivity index (χ4n) is 3.33. The molecule has 1 aromatic heterocycles. The molecule has 0 atom stereocenters. The molecule has 2 aromatic carbocycles. The minimum absolute atomic E-state index is 0.0510. The van der Waals surface area contributed by atoms with Crippen LogP contribution in [0.2, 0.25) is 5.02 Å². The lowest BCUT2D eigenvalue weighted by Gasteiger charge is -2.18. The van der Waals surface area contributed by atoms with Crippen LogP contribution in [0.15, 0.2) is 48.2 Å². The lowest BCUT2D eigenvalue weighted by molar-refractivity contribution is -0.120. The Morgan fingerprint density at radius 2 is 1.91 bits per heavy atom. The SMILES string of the molecule is CC(C)c1nc2ccccc2n1CC(=O)NC(=N)C(=C(N)C(F)(F)F)c1ccc(Cl)cc1F. The molecule has 0 unspecified atom stereocenters. The number of nitrogens with one attached hydrogen (secondary N) is 2. The number of hydrogen-bond donors (Lipinski definition) is 3. The lowest BCUT2D eigenvalue weighted by atomic mass is 10.0. The van der Waals surface area contributed by atoms with Gasteiger partial charge < -0.3 is 15.6 Å². The van der Waals surface area contributed by atoms with Crippen molar-refractivity contribution in [1.82, 2.24) is 14.9 Å². The van der Waals surface area contributed by atoms with Crippen molar-refractivity contribution in [2.75, 3.05) is 0 Å². The maximum Gasteiger partial charge on any atom is 0.431 e. The molecule has 0 saturated heterocycles. The van der Waals surface area contributed by atoms with Crippen LogP contribution in [-0.2, 0) is 11.3 Å². The van der Waals surface area contributed by atoms with Gasteiger partial charge in [0.2, 0.25) is 5.91 Å². The van der Waals surface area contributed by atoms with Crippen LogP contribution in [0.25, 0.3) is 16.6 Å². The molecule has 0 radical (unpaired) electrons. The van der Waals surface area contributed by atoms with Gasteiger partial charge in [-0.1, -0.05) is 37.6 Å². The maximum atomic E-state index is 14.4. The number of fused-ring (bicyclic) bond motifs is 1. The van der Waals surface area contributed by atoms with Crippen LogP contribution >= 0.6 is 11.6 Å². The highest BCUT2D eigenvalue weighted by Gasteiger charge is 2.37. The van der Waals surface area contributed by atoms with E-state index in [0.29, 0.717) is 16.9 Å². The van der Waals surface area contributed by atoms with Gasteiger partial charge in [-0.2, -0.15) is 13.2 Å². The molecule has 11 heteroatoms. The third kappa shape index (κ3) is 5.16. The monoisotopic (exact) mass is 481 g/mol. The quantitative estimate of drug-likeness (QED) is 0.272. The summed E-state index contributed by atoms with van der Waals surface area (Å²) in [5.74, 6) is -2.37. The predicted molar refractivity (Wildman–Crippen MR) is 118 cm³/mol. The van der Waals surface area contributed by atoms with E-state index >= 15 is 0 Å². The van der Waals surface area contributed by atoms with Crippen LogP contribution < -0.4 is 11.1 Å². The van der Waals surface area contributed by atoms with Gasteiger partial charge in [-0.15, -0.1) is 0 Å². The molecule has 174 valence electrons. The number of amides is 1. The molecule has 0 aliphatic carbocycles. The minimum Gasteiger partial charge on any atom is -0.394 e. The van der Waals surface area contributed by atoms with Crippen molar-refractivity contribution in [2.24, 2.45) is 5.73 Å². The molecule has 0 saturated carbocycles. The molecule has 0 spiro atoms. The Balaban J connectivity index is 1.96. The van der Waals surface area contributed by atoms with Crippen molar-refractivity contribution in [2.45, 2.75) is 32.5 Å². The van der Waals surface area contributed by atoms with Crippen molar-refractivity contribution in [3.05, 3.63) is 70.4 Å². The summed E-state index contributed by atoms with van der Waals surface area (Å²) in [6, 6.07) is 9.99. The molecule has 3 aromatic rings. The molecule has 4 N–H and O–H groups in total. The molecule has 3 rings (SSSR count). The number of imidazole rings is 1. The summed E-state index contributed by atoms with van der Waals surface area (Å²) in [6.07, 6.45) is -5.07. The number of nitrogens with two attached hydrogens (primary N) is 1. The zero-order chi connectivity index (χ0) is 24.5. The number of nitrogens with zero attached hydrogens (tertiary/aromatic N) is 2. The Labute approximate surface area is 191 Å². The largest absolute Gasteiger partial charge is 0.431 e. The second-order valence-electron chi connectivity index (χ2n) is 7.53. The average molecular weight is 482 g/mol. The molecular weight excluding hydrogens is 462 g/mol. The van der Waals surface area contributed by atoms with Crippen LogP contribution in [0.3, 0.4) is 0 Å². The van der Waals surface area contributed by atoms with Gasteiger partial charge in [0.25, 0.3) is 0 Å². The van der Waals surface area contributed by atoms with Crippen molar-refractivity contribution < 1.29 is 22.4 Å². The van der Waals surface area contributed by atoms with E-state index in [-0.39, 0.29) is 17.5 Å². The fraction of sp³-hybridized carbons (Fsp3) is 0.227. The van der Waals surface area contributed by atoms with E-state index in [1.165, 1.54) is 0 Å². The number of allylic oxidation sites excluding steroid dienone is 1. The highest BCUT2D eigenvalue weighted by atomic mass is 35.5. The molecule has 0 fully saturated rings. The number of rotatable bonds is 5. The molecule has 1 heterocycles. The molecule has 0 aliphatic rings. The number of amidine groups is 1. The number of aromatic nitrogens is 2. The number of carbonyl (C=O) groups is 1. The first kappa shape index (κ1) is 24.2. The average Bonchev–Trinajstić information content (AvgIpc) is 3.07. The maximum absolute atomic E-state index is 14.4. The second kappa shape index (κ2) is 9.22. The Morgan fingerprint density at radius 3 is 2.52 bits per heavy atom. The summed E-state index contributed by atoms with van der Waals surface area (Å²) in [7, 11) is 0. The highest BCUT2D eigenvalue weighted by Crippen LogP contribution is 2.31. The van der Waals surface area contributed by atoms with Crippen LogP contribution in [0.4, 0.5) is 17.6 Å². The van der Waals surface area contributed by atoms with Crippen molar-refractivity contribution in [1.29, 1.82) is 5.41 Å². The molecule has 33 heavy (non-hydrogen) atoms. The smallest absolute Gasteiger partial charge is 0.394 e. The predicted octanol–water partition coefficient (Wildman–Crippen LogP) is 4.98. The molecule has 0 aliphatic heterocycles. The van der Waals surface area contributed by atoms with Gasteiger partial charge in [-0.25, -0.2) is 9.37 Å². The Morgan fingerprint density at radius 1 is 1.24 bits per heavy atom. The molecular formula is C22H20ClF4N5O. The first-order valence-corrected chi connectivity index (χ1v) is 10.1. The van der Waals surface area contributed by atoms with Gasteiger partial charge in [-0.3, -0.25) is 10.2 Å². The van der Waals surface area contributed by atoms with Gasteiger partial charge in [0, 0.05) is 16.5 Å². The Bertz CT molecular complexity index is 1260. The normalized spacial score (nSPS) is 12.7. The van der Waals surface area contributed by atoms with E-state index in [0.717, 1.165) is 18.2 Å². The van der Waals surface area contributed by atoms with E-state index < -0.39 is 40.6 Å². The standard InChI is InChI=1S/C22H20ClF4N5O/c1-11(2)21-30-15-5-3-4-6-16(15)32(21)10-17(33)31-20(29)18(19(28)22(25,26)27)13-8-7-12(23)9-14(13)24/h3-9,11H,10,28H2,1-2H3,(H2,29,31,33). The highest BCUT2D eigenvalue weighted by molar-refractivity contribution is 6.31. The molecule has 1 amide bonds. The number of carbonyl (C=O) groups excluding carboxylic acids is 1. The van der Waals surface area contributed by atoms with E-state index in [2.05, 4.69) is 10.3 Å². The number of halogens is 5. The summed E-state index contributed by atoms with van der Waals surface area (Å²) in [6.45, 7) is 3.44. The third-order valence-electron chi connectivity index (χ3n) is 4.79. The number of hydrogen-bond acceptors (Lipinski definition) is 4. The van der Waals surface area contributed by atoms with E-state index in [4.69, 9.17) is 22.7 Å². The van der Waals surface area contributed by atoms with Crippen molar-refractivity contribution >= 4 is 40.0 Å². The number of alkyl halides is 3. The summed E-state index contributed by atoms with van der Waals surface area (Å²) in [4.78, 5) is 17.2. The minimum atomic E-state index is -5.07. The zero-order valence-electron chi connectivity index (χ0n) is 17.6. The first-order valence-electron chi connectivity index (χ1n) is 9.76. The summed E-state index contributed by atoms with van der Waals surface area (Å²) in [5, 5.41) is 10.2. The van der Waals surface area contributed by atoms with Crippen LogP contribution in [-0.4, -0.2) is 27.5 Å². The number of benzene rings is 2. The van der Waals surface area contributed by atoms with Gasteiger partial charge in [0.1, 0.15) is 29.7 Å². The van der Waals surface area contributed by atoms with Crippen molar-refractivity contribution in [3.8, 4) is 0 Å². The van der Waals surface area contributed by atoms with Gasteiger partial charge in [0.05, 0.1) is 16.6 Å². The lowest BCUT2D eigenvalue weighted by Crippen LogP contribution is -2.36. The van der Waals surface area contributed by atoms with E-state index in [1.54, 1.807) is 28.8 Å². The van der Waals surface area contributed by atoms with Crippen molar-refractivity contribution in [3.63, 3.8) is 0 Å². The third-order valence-corrected chi connectivity index (χ3v) is 5.03. The zero-order valence-corrected chi connectivity index (χ0v) is 18.4. The first-order chi connectivity index (χ1) is 15.4. The van der Waals surface area contributed by atoms with E-state index in [9.17, 15) is 22.4 Å².